The van der Waals surface area contributed by atoms with E-state index >= 15 is 0 Å². The van der Waals surface area contributed by atoms with Crippen LogP contribution in [0.15, 0.2) is 18.2 Å². The van der Waals surface area contributed by atoms with Gasteiger partial charge in [-0.2, -0.15) is 0 Å². The minimum atomic E-state index is -0.103. The number of benzene rings is 1. The summed E-state index contributed by atoms with van der Waals surface area (Å²) in [5.41, 5.74) is 1.96. The van der Waals surface area contributed by atoms with Gasteiger partial charge >= 0.3 is 0 Å². The molecule has 0 saturated heterocycles. The molecule has 0 amide bonds. The third kappa shape index (κ3) is 4.14. The number of aromatic nitrogens is 2. The number of halogens is 2. The highest BCUT2D eigenvalue weighted by Gasteiger charge is 2.16. The molecular weight excluding hydrogens is 303 g/mol. The summed E-state index contributed by atoms with van der Waals surface area (Å²) in [5, 5.41) is 0.656. The van der Waals surface area contributed by atoms with Crippen molar-refractivity contribution in [3.05, 3.63) is 29.0 Å². The van der Waals surface area contributed by atoms with E-state index in [1.165, 1.54) is 32.1 Å². The van der Waals surface area contributed by atoms with E-state index in [0.29, 0.717) is 0 Å². The van der Waals surface area contributed by atoms with Gasteiger partial charge in [-0.3, -0.25) is 0 Å². The van der Waals surface area contributed by atoms with Crippen molar-refractivity contribution in [3.63, 3.8) is 0 Å². The zero-order valence-electron chi connectivity index (χ0n) is 12.9. The van der Waals surface area contributed by atoms with E-state index in [0.717, 1.165) is 34.8 Å². The van der Waals surface area contributed by atoms with Crippen molar-refractivity contribution < 1.29 is 0 Å². The molecule has 0 aliphatic rings. The molecule has 1 atom stereocenters. The number of fused-ring (bicyclic) bond motifs is 1. The zero-order valence-corrected chi connectivity index (χ0v) is 14.4. The van der Waals surface area contributed by atoms with E-state index in [4.69, 9.17) is 23.2 Å². The van der Waals surface area contributed by atoms with Gasteiger partial charge in [-0.05, 0) is 25.5 Å². The maximum atomic E-state index is 6.36. The van der Waals surface area contributed by atoms with E-state index in [2.05, 4.69) is 16.5 Å². The third-order valence-corrected chi connectivity index (χ3v) is 4.34. The van der Waals surface area contributed by atoms with E-state index in [1.807, 2.05) is 25.1 Å². The summed E-state index contributed by atoms with van der Waals surface area (Å²) in [5.74, 6) is 0.924. The first-order valence-electron chi connectivity index (χ1n) is 7.94. The lowest BCUT2D eigenvalue weighted by atomic mass is 10.1. The Hall–Kier alpha value is -0.730. The molecule has 21 heavy (non-hydrogen) atoms. The maximum absolute atomic E-state index is 6.36. The maximum Gasteiger partial charge on any atom is 0.127 e. The smallest absolute Gasteiger partial charge is 0.127 e. The Morgan fingerprint density at radius 1 is 1.14 bits per heavy atom. The molecule has 0 saturated carbocycles. The van der Waals surface area contributed by atoms with Crippen LogP contribution in [0.25, 0.3) is 11.0 Å². The number of unbranched alkanes of at least 4 members (excludes halogenated alkanes) is 5. The van der Waals surface area contributed by atoms with Crippen molar-refractivity contribution in [1.29, 1.82) is 0 Å². The molecule has 1 unspecified atom stereocenters. The van der Waals surface area contributed by atoms with Gasteiger partial charge in [0.2, 0.25) is 0 Å². The van der Waals surface area contributed by atoms with Gasteiger partial charge in [-0.15, -0.1) is 11.6 Å². The number of rotatable bonds is 8. The highest BCUT2D eigenvalue weighted by molar-refractivity contribution is 6.35. The predicted octanol–water partition coefficient (Wildman–Crippen LogP) is 6.35. The van der Waals surface area contributed by atoms with Gasteiger partial charge in [0.15, 0.2) is 0 Å². The molecule has 2 nitrogen and oxygen atoms in total. The van der Waals surface area contributed by atoms with Gasteiger partial charge in [0, 0.05) is 6.54 Å². The number of alkyl halides is 1. The van der Waals surface area contributed by atoms with Crippen molar-refractivity contribution in [2.75, 3.05) is 0 Å². The Kier molecular flexibility index (Phi) is 6.38. The summed E-state index contributed by atoms with van der Waals surface area (Å²) in [4.78, 5) is 4.65. The summed E-state index contributed by atoms with van der Waals surface area (Å²) < 4.78 is 2.20. The Balaban J connectivity index is 2.11. The molecule has 0 aliphatic heterocycles. The van der Waals surface area contributed by atoms with E-state index in [-0.39, 0.29) is 5.38 Å². The Morgan fingerprint density at radius 3 is 2.57 bits per heavy atom. The molecule has 4 heteroatoms. The van der Waals surface area contributed by atoms with Crippen molar-refractivity contribution in [2.45, 2.75) is 64.3 Å². The molecular formula is C17H24Cl2N2. The molecule has 0 fully saturated rings. The van der Waals surface area contributed by atoms with Crippen LogP contribution in [0.1, 0.15) is 63.6 Å². The highest BCUT2D eigenvalue weighted by Crippen LogP contribution is 2.29. The van der Waals surface area contributed by atoms with Crippen LogP contribution in [0.2, 0.25) is 5.02 Å². The molecule has 1 heterocycles. The van der Waals surface area contributed by atoms with Crippen LogP contribution in [0, 0.1) is 0 Å². The van der Waals surface area contributed by atoms with Gasteiger partial charge in [-0.1, -0.05) is 56.7 Å². The monoisotopic (exact) mass is 326 g/mol. The lowest BCUT2D eigenvalue weighted by molar-refractivity contribution is 0.553. The van der Waals surface area contributed by atoms with Gasteiger partial charge in [0.1, 0.15) is 5.82 Å². The first-order chi connectivity index (χ1) is 10.1. The average Bonchev–Trinajstić information content (AvgIpc) is 2.83. The second kappa shape index (κ2) is 8.05. The predicted molar refractivity (Wildman–Crippen MR) is 92.4 cm³/mol. The van der Waals surface area contributed by atoms with Gasteiger partial charge < -0.3 is 4.57 Å². The fourth-order valence-electron chi connectivity index (χ4n) is 2.74. The summed E-state index contributed by atoms with van der Waals surface area (Å²) >= 11 is 12.6. The van der Waals surface area contributed by atoms with Crippen molar-refractivity contribution in [1.82, 2.24) is 9.55 Å². The fraction of sp³-hybridized carbons (Fsp3) is 0.588. The lowest BCUT2D eigenvalue weighted by Gasteiger charge is -2.11. The molecule has 1 aromatic carbocycles. The highest BCUT2D eigenvalue weighted by atomic mass is 35.5. The number of aryl methyl sites for hydroxylation is 1. The minimum Gasteiger partial charge on any atom is -0.326 e. The second-order valence-electron chi connectivity index (χ2n) is 5.61. The largest absolute Gasteiger partial charge is 0.326 e. The van der Waals surface area contributed by atoms with E-state index in [9.17, 15) is 0 Å². The van der Waals surface area contributed by atoms with Crippen molar-refractivity contribution >= 4 is 34.2 Å². The quantitative estimate of drug-likeness (QED) is 0.408. The average molecular weight is 327 g/mol. The minimum absolute atomic E-state index is 0.103. The first kappa shape index (κ1) is 16.6. The number of imidazole rings is 1. The van der Waals surface area contributed by atoms with E-state index < -0.39 is 0 Å². The molecule has 116 valence electrons. The van der Waals surface area contributed by atoms with Gasteiger partial charge in [0.05, 0.1) is 21.4 Å². The molecule has 2 rings (SSSR count). The van der Waals surface area contributed by atoms with Gasteiger partial charge in [-0.25, -0.2) is 4.98 Å². The van der Waals surface area contributed by atoms with Crippen LogP contribution in [0.4, 0.5) is 0 Å². The normalized spacial score (nSPS) is 13.0. The molecule has 0 bridgehead atoms. The molecule has 0 spiro atoms. The number of nitrogens with zero attached hydrogens (tertiary/aromatic N) is 2. The molecule has 0 aliphatic carbocycles. The van der Waals surface area contributed by atoms with Crippen LogP contribution >= 0.6 is 23.2 Å². The van der Waals surface area contributed by atoms with Crippen molar-refractivity contribution in [3.8, 4) is 0 Å². The lowest BCUT2D eigenvalue weighted by Crippen LogP contribution is -2.05. The summed E-state index contributed by atoms with van der Waals surface area (Å²) in [7, 11) is 0. The number of hydrogen-bond acceptors (Lipinski definition) is 1. The van der Waals surface area contributed by atoms with Crippen molar-refractivity contribution in [2.24, 2.45) is 0 Å². The van der Waals surface area contributed by atoms with Gasteiger partial charge in [0.25, 0.3) is 0 Å². The molecule has 2 aromatic rings. The third-order valence-electron chi connectivity index (χ3n) is 3.84. The van der Waals surface area contributed by atoms with Crippen LogP contribution in [-0.2, 0) is 6.54 Å². The number of hydrogen-bond donors (Lipinski definition) is 0. The second-order valence-corrected chi connectivity index (χ2v) is 6.67. The number of para-hydroxylation sites is 1. The topological polar surface area (TPSA) is 17.8 Å². The Morgan fingerprint density at radius 2 is 1.86 bits per heavy atom. The Bertz CT molecular complexity index is 575. The fourth-order valence-corrected chi connectivity index (χ4v) is 3.18. The molecule has 0 N–H and O–H groups in total. The van der Waals surface area contributed by atoms with Crippen LogP contribution in [0.5, 0.6) is 0 Å². The molecule has 1 aromatic heterocycles. The summed E-state index contributed by atoms with van der Waals surface area (Å²) in [6.07, 6.45) is 7.66. The van der Waals surface area contributed by atoms with Crippen LogP contribution in [-0.4, -0.2) is 9.55 Å². The SMILES string of the molecule is CCCCCCCCn1c(C(C)Cl)nc2cccc(Cl)c21. The summed E-state index contributed by atoms with van der Waals surface area (Å²) in [6.45, 7) is 5.15. The summed E-state index contributed by atoms with van der Waals surface area (Å²) in [6, 6.07) is 5.86. The standard InChI is InChI=1S/C17H24Cl2N2/c1-3-4-5-6-7-8-12-21-16-14(19)10-9-11-15(16)20-17(21)13(2)18/h9-11,13H,3-8,12H2,1-2H3. The van der Waals surface area contributed by atoms with Crippen LogP contribution in [0.3, 0.4) is 0 Å². The Labute approximate surface area is 137 Å². The van der Waals surface area contributed by atoms with Crippen LogP contribution < -0.4 is 0 Å². The van der Waals surface area contributed by atoms with E-state index in [1.54, 1.807) is 0 Å². The molecule has 0 radical (unpaired) electrons. The first-order valence-corrected chi connectivity index (χ1v) is 8.75. The zero-order chi connectivity index (χ0) is 15.2.